The number of benzene rings is 3. The summed E-state index contributed by atoms with van der Waals surface area (Å²) in [6.45, 7) is 2.73. The third-order valence-corrected chi connectivity index (χ3v) is 5.25. The van der Waals surface area contributed by atoms with Crippen LogP contribution in [0.3, 0.4) is 0 Å². The molecule has 0 saturated heterocycles. The summed E-state index contributed by atoms with van der Waals surface area (Å²) in [6.07, 6.45) is 3.68. The molecular weight excluding hydrogens is 346 g/mol. The molecule has 0 aliphatic carbocycles. The summed E-state index contributed by atoms with van der Waals surface area (Å²) >= 11 is 0. The van der Waals surface area contributed by atoms with Crippen LogP contribution in [0.5, 0.6) is 0 Å². The molecule has 4 rings (SSSR count). The first kappa shape index (κ1) is 18.0. The SMILES string of the molecule is CC(c1cccc2ccccc12)N(C)C(=O)c1cccc(Cn2cccn2)c1. The van der Waals surface area contributed by atoms with Crippen LogP contribution >= 0.6 is 0 Å². The Kier molecular flexibility index (Phi) is 4.94. The van der Waals surface area contributed by atoms with Gasteiger partial charge in [0.1, 0.15) is 0 Å². The Morgan fingerprint density at radius 2 is 1.82 bits per heavy atom. The van der Waals surface area contributed by atoms with Crippen molar-refractivity contribution in [3.63, 3.8) is 0 Å². The number of carbonyl (C=O) groups is 1. The smallest absolute Gasteiger partial charge is 0.254 e. The molecule has 3 aromatic carbocycles. The largest absolute Gasteiger partial charge is 0.335 e. The van der Waals surface area contributed by atoms with Gasteiger partial charge in [-0.1, -0.05) is 54.6 Å². The molecule has 140 valence electrons. The van der Waals surface area contributed by atoms with E-state index in [2.05, 4.69) is 42.4 Å². The number of nitrogens with zero attached hydrogens (tertiary/aromatic N) is 3. The van der Waals surface area contributed by atoms with Crippen molar-refractivity contribution in [3.05, 3.63) is 102 Å². The van der Waals surface area contributed by atoms with Crippen molar-refractivity contribution in [1.29, 1.82) is 0 Å². The fourth-order valence-corrected chi connectivity index (χ4v) is 3.59. The molecule has 1 amide bonds. The highest BCUT2D eigenvalue weighted by molar-refractivity contribution is 5.95. The van der Waals surface area contributed by atoms with Crippen LogP contribution in [-0.2, 0) is 6.54 Å². The van der Waals surface area contributed by atoms with E-state index in [1.807, 2.05) is 65.3 Å². The zero-order valence-electron chi connectivity index (χ0n) is 16.1. The average molecular weight is 369 g/mol. The molecule has 4 aromatic rings. The maximum absolute atomic E-state index is 13.2. The van der Waals surface area contributed by atoms with E-state index in [9.17, 15) is 4.79 Å². The average Bonchev–Trinajstić information content (AvgIpc) is 3.25. The van der Waals surface area contributed by atoms with Crippen molar-refractivity contribution < 1.29 is 4.79 Å². The molecule has 4 nitrogen and oxygen atoms in total. The minimum atomic E-state index is -0.0339. The van der Waals surface area contributed by atoms with Crippen LogP contribution in [0.15, 0.2) is 85.2 Å². The third-order valence-electron chi connectivity index (χ3n) is 5.25. The van der Waals surface area contributed by atoms with E-state index < -0.39 is 0 Å². The van der Waals surface area contributed by atoms with Gasteiger partial charge in [-0.2, -0.15) is 5.10 Å². The molecule has 1 unspecified atom stereocenters. The second kappa shape index (κ2) is 7.69. The monoisotopic (exact) mass is 369 g/mol. The summed E-state index contributed by atoms with van der Waals surface area (Å²) in [7, 11) is 1.87. The summed E-state index contributed by atoms with van der Waals surface area (Å²) in [5, 5.41) is 6.61. The number of hydrogen-bond acceptors (Lipinski definition) is 2. The zero-order valence-corrected chi connectivity index (χ0v) is 16.1. The summed E-state index contributed by atoms with van der Waals surface area (Å²) in [4.78, 5) is 15.0. The first-order valence-corrected chi connectivity index (χ1v) is 9.44. The van der Waals surface area contributed by atoms with E-state index >= 15 is 0 Å². The highest BCUT2D eigenvalue weighted by Crippen LogP contribution is 2.28. The van der Waals surface area contributed by atoms with Gasteiger partial charge in [-0.05, 0) is 47.0 Å². The van der Waals surface area contributed by atoms with Crippen LogP contribution in [0.25, 0.3) is 10.8 Å². The fraction of sp³-hybridized carbons (Fsp3) is 0.167. The van der Waals surface area contributed by atoms with Crippen molar-refractivity contribution in [3.8, 4) is 0 Å². The van der Waals surface area contributed by atoms with Crippen LogP contribution in [0, 0.1) is 0 Å². The van der Waals surface area contributed by atoms with Gasteiger partial charge >= 0.3 is 0 Å². The van der Waals surface area contributed by atoms with Crippen LogP contribution in [0.2, 0.25) is 0 Å². The van der Waals surface area contributed by atoms with Crippen LogP contribution in [0.4, 0.5) is 0 Å². The molecule has 1 heterocycles. The van der Waals surface area contributed by atoms with Gasteiger partial charge < -0.3 is 4.90 Å². The number of hydrogen-bond donors (Lipinski definition) is 0. The standard InChI is InChI=1S/C24H23N3O/c1-18(22-13-6-10-20-9-3-4-12-23(20)22)26(2)24(28)21-11-5-8-19(16-21)17-27-15-7-14-25-27/h3-16,18H,17H2,1-2H3. The van der Waals surface area contributed by atoms with E-state index in [1.165, 1.54) is 10.8 Å². The Morgan fingerprint density at radius 1 is 1.04 bits per heavy atom. The van der Waals surface area contributed by atoms with E-state index in [4.69, 9.17) is 0 Å². The van der Waals surface area contributed by atoms with Gasteiger partial charge in [0.25, 0.3) is 5.91 Å². The summed E-state index contributed by atoms with van der Waals surface area (Å²) in [5.74, 6) is 0.0164. The number of amides is 1. The van der Waals surface area contributed by atoms with E-state index in [0.29, 0.717) is 12.1 Å². The Bertz CT molecular complexity index is 1100. The molecule has 1 aromatic heterocycles. The van der Waals surface area contributed by atoms with Crippen molar-refractivity contribution in [2.45, 2.75) is 19.5 Å². The van der Waals surface area contributed by atoms with Gasteiger partial charge in [0.15, 0.2) is 0 Å². The van der Waals surface area contributed by atoms with Gasteiger partial charge in [-0.15, -0.1) is 0 Å². The fourth-order valence-electron chi connectivity index (χ4n) is 3.59. The van der Waals surface area contributed by atoms with Gasteiger partial charge in [-0.25, -0.2) is 0 Å². The lowest BCUT2D eigenvalue weighted by atomic mass is 9.98. The lowest BCUT2D eigenvalue weighted by Gasteiger charge is -2.26. The number of fused-ring (bicyclic) bond motifs is 1. The molecule has 0 aliphatic heterocycles. The van der Waals surface area contributed by atoms with E-state index in [1.54, 1.807) is 6.20 Å². The molecule has 0 N–H and O–H groups in total. The van der Waals surface area contributed by atoms with Crippen molar-refractivity contribution in [1.82, 2.24) is 14.7 Å². The summed E-state index contributed by atoms with van der Waals surface area (Å²) in [6, 6.07) is 24.2. The normalized spacial score (nSPS) is 12.1. The van der Waals surface area contributed by atoms with Crippen molar-refractivity contribution in [2.75, 3.05) is 7.05 Å². The van der Waals surface area contributed by atoms with Gasteiger partial charge in [0.05, 0.1) is 12.6 Å². The number of aromatic nitrogens is 2. The molecule has 1 atom stereocenters. The van der Waals surface area contributed by atoms with Crippen molar-refractivity contribution in [2.24, 2.45) is 0 Å². The zero-order chi connectivity index (χ0) is 19.5. The second-order valence-corrected chi connectivity index (χ2v) is 7.06. The third kappa shape index (κ3) is 3.54. The maximum atomic E-state index is 13.2. The van der Waals surface area contributed by atoms with Crippen LogP contribution in [-0.4, -0.2) is 27.6 Å². The molecule has 4 heteroatoms. The molecule has 0 fully saturated rings. The highest BCUT2D eigenvalue weighted by atomic mass is 16.2. The minimum Gasteiger partial charge on any atom is -0.335 e. The van der Waals surface area contributed by atoms with Gasteiger partial charge in [0, 0.05) is 25.0 Å². The topological polar surface area (TPSA) is 38.1 Å². The Hall–Kier alpha value is -3.40. The quantitative estimate of drug-likeness (QED) is 0.501. The summed E-state index contributed by atoms with van der Waals surface area (Å²) in [5.41, 5.74) is 2.90. The Balaban J connectivity index is 1.59. The number of carbonyl (C=O) groups excluding carboxylic acids is 1. The van der Waals surface area contributed by atoms with E-state index in [-0.39, 0.29) is 11.9 Å². The van der Waals surface area contributed by atoms with Gasteiger partial charge in [0.2, 0.25) is 0 Å². The molecule has 28 heavy (non-hydrogen) atoms. The van der Waals surface area contributed by atoms with Crippen LogP contribution < -0.4 is 0 Å². The molecule has 0 spiro atoms. The highest BCUT2D eigenvalue weighted by Gasteiger charge is 2.20. The lowest BCUT2D eigenvalue weighted by molar-refractivity contribution is 0.0743. The first-order chi connectivity index (χ1) is 13.6. The van der Waals surface area contributed by atoms with E-state index in [0.717, 1.165) is 11.1 Å². The van der Waals surface area contributed by atoms with Crippen LogP contribution in [0.1, 0.15) is 34.5 Å². The maximum Gasteiger partial charge on any atom is 0.254 e. The molecule has 0 bridgehead atoms. The molecule has 0 saturated carbocycles. The Labute approximate surface area is 165 Å². The van der Waals surface area contributed by atoms with Gasteiger partial charge in [-0.3, -0.25) is 9.48 Å². The Morgan fingerprint density at radius 3 is 2.64 bits per heavy atom. The number of rotatable bonds is 5. The van der Waals surface area contributed by atoms with Crippen molar-refractivity contribution >= 4 is 16.7 Å². The minimum absolute atomic E-state index is 0.0164. The predicted octanol–water partition coefficient (Wildman–Crippen LogP) is 4.92. The molecular formula is C24H23N3O. The summed E-state index contributed by atoms with van der Waals surface area (Å²) < 4.78 is 1.85. The lowest BCUT2D eigenvalue weighted by Crippen LogP contribution is -2.29. The predicted molar refractivity (Wildman–Crippen MR) is 112 cm³/mol. The molecule has 0 radical (unpaired) electrons. The second-order valence-electron chi connectivity index (χ2n) is 7.06. The first-order valence-electron chi connectivity index (χ1n) is 9.44. The molecule has 0 aliphatic rings.